The molecular formula is C20H42O9. The quantitative estimate of drug-likeness (QED) is 0.330. The lowest BCUT2D eigenvalue weighted by atomic mass is 10.0. The van der Waals surface area contributed by atoms with E-state index in [-0.39, 0.29) is 29.6 Å². The van der Waals surface area contributed by atoms with E-state index in [1.54, 1.807) is 26.8 Å². The average Bonchev–Trinajstić information content (AvgIpc) is 2.34. The first kappa shape index (κ1) is 41.6. The van der Waals surface area contributed by atoms with Crippen molar-refractivity contribution >= 4 is 23.1 Å². The molecule has 0 aromatic carbocycles. The second-order valence-corrected chi connectivity index (χ2v) is 6.62. The van der Waals surface area contributed by atoms with E-state index in [1.807, 2.05) is 13.8 Å². The summed E-state index contributed by atoms with van der Waals surface area (Å²) in [5.74, 6) is 0.484. The van der Waals surface area contributed by atoms with Crippen LogP contribution in [0.25, 0.3) is 0 Å². The van der Waals surface area contributed by atoms with Crippen molar-refractivity contribution in [3.63, 3.8) is 0 Å². The smallest absolute Gasteiger partial charge is 0.152 e. The molecule has 0 bridgehead atoms. The number of Topliss-reactive ketones (excluding diaryl/α,β-unsaturated/α-hetero) is 3. The molecule has 0 unspecified atom stereocenters. The highest BCUT2D eigenvalue weighted by Crippen LogP contribution is 2.06. The number of aliphatic hydroxyl groups excluding tert-OH is 2. The molecular weight excluding hydrogens is 384 g/mol. The molecule has 0 aliphatic heterocycles. The Kier molecular flexibility index (Phi) is 44.3. The fourth-order valence-electron chi connectivity index (χ4n) is 1.02. The highest BCUT2D eigenvalue weighted by Gasteiger charge is 2.13. The number of ketones is 4. The zero-order chi connectivity index (χ0) is 25.2. The number of hydrogen-bond acceptors (Lipinski definition) is 9. The Balaban J connectivity index is -0.0000000575. The molecule has 0 saturated carbocycles. The van der Waals surface area contributed by atoms with Gasteiger partial charge in [0, 0.05) is 6.42 Å². The maximum Gasteiger partial charge on any atom is 0.152 e. The van der Waals surface area contributed by atoms with Gasteiger partial charge in [-0.1, -0.05) is 5.57 Å². The van der Waals surface area contributed by atoms with Gasteiger partial charge in [0.1, 0.15) is 30.9 Å². The van der Waals surface area contributed by atoms with Crippen molar-refractivity contribution < 1.29 is 44.7 Å². The second-order valence-electron chi connectivity index (χ2n) is 6.62. The van der Waals surface area contributed by atoms with Gasteiger partial charge in [0.05, 0.1) is 5.60 Å². The Hall–Kier alpha value is -1.78. The summed E-state index contributed by atoms with van der Waals surface area (Å²) in [6.45, 7) is 14.7. The number of carbonyl (C=O) groups excluding carboxylic acids is 4. The molecule has 0 aliphatic rings. The summed E-state index contributed by atoms with van der Waals surface area (Å²) < 4.78 is 0. The van der Waals surface area contributed by atoms with Crippen LogP contribution in [0.2, 0.25) is 0 Å². The largest absolute Gasteiger partial charge is 0.390 e. The third kappa shape index (κ3) is 295. The molecule has 0 heterocycles. The molecule has 0 aromatic heterocycles. The number of rotatable bonds is 3. The fourth-order valence-corrected chi connectivity index (χ4v) is 1.02. The van der Waals surface area contributed by atoms with E-state index in [0.717, 1.165) is 5.57 Å². The fraction of sp³-hybridized carbons (Fsp3) is 0.700. The summed E-state index contributed by atoms with van der Waals surface area (Å²) in [4.78, 5) is 39.4. The standard InChI is InChI=1S/C6H12O2.C6H10O.2C3H6O.2CH4O2/c1-5(7)4-6(2,3)8;1-5(2)4-6(3)7;2*1-3(2)4;2*2-1-3/h8H,4H2,1-3H3;4H,1-3H3;2*1-2H3;2*2-3H,1H2. The van der Waals surface area contributed by atoms with Crippen molar-refractivity contribution in [1.82, 2.24) is 0 Å². The first-order valence-electron chi connectivity index (χ1n) is 8.59. The molecule has 0 amide bonds. The van der Waals surface area contributed by atoms with Crippen LogP contribution in [-0.2, 0) is 19.2 Å². The van der Waals surface area contributed by atoms with Crippen LogP contribution < -0.4 is 0 Å². The Labute approximate surface area is 175 Å². The maximum atomic E-state index is 10.3. The number of allylic oxidation sites excluding steroid dienone is 2. The van der Waals surface area contributed by atoms with Gasteiger partial charge in [-0.3, -0.25) is 9.59 Å². The average molecular weight is 427 g/mol. The van der Waals surface area contributed by atoms with Gasteiger partial charge in [-0.05, 0) is 75.3 Å². The van der Waals surface area contributed by atoms with Crippen molar-refractivity contribution in [2.24, 2.45) is 0 Å². The molecule has 0 rings (SSSR count). The summed E-state index contributed by atoms with van der Waals surface area (Å²) in [5.41, 5.74) is 0.235. The minimum atomic E-state index is -0.828. The molecule has 9 heteroatoms. The van der Waals surface area contributed by atoms with Crippen molar-refractivity contribution in [3.05, 3.63) is 11.6 Å². The van der Waals surface area contributed by atoms with Crippen molar-refractivity contribution in [1.29, 1.82) is 0 Å². The molecule has 0 atom stereocenters. The zero-order valence-corrected chi connectivity index (χ0v) is 19.6. The van der Waals surface area contributed by atoms with E-state index in [2.05, 4.69) is 0 Å². The Bertz CT molecular complexity index is 408. The van der Waals surface area contributed by atoms with Crippen molar-refractivity contribution in [3.8, 4) is 0 Å². The number of hydrogen-bond donors (Lipinski definition) is 5. The number of aliphatic hydroxyl groups is 5. The van der Waals surface area contributed by atoms with Crippen molar-refractivity contribution in [2.75, 3.05) is 13.6 Å². The van der Waals surface area contributed by atoms with Crippen molar-refractivity contribution in [2.45, 2.75) is 81.3 Å². The monoisotopic (exact) mass is 426 g/mol. The highest BCUT2D eigenvalue weighted by atomic mass is 16.5. The van der Waals surface area contributed by atoms with Gasteiger partial charge in [0.25, 0.3) is 0 Å². The minimum Gasteiger partial charge on any atom is -0.390 e. The van der Waals surface area contributed by atoms with Gasteiger partial charge >= 0.3 is 0 Å². The van der Waals surface area contributed by atoms with Gasteiger partial charge in [-0.25, -0.2) is 0 Å². The Morgan fingerprint density at radius 2 is 0.897 bits per heavy atom. The SMILES string of the molecule is CC(=O)C=C(C)C.CC(=O)CC(C)(C)O.CC(C)=O.CC(C)=O.OCO.OCO. The molecule has 0 aromatic rings. The minimum absolute atomic E-state index is 0.0255. The Morgan fingerprint density at radius 3 is 0.897 bits per heavy atom. The summed E-state index contributed by atoms with van der Waals surface area (Å²) in [6, 6.07) is 0. The van der Waals surface area contributed by atoms with E-state index in [4.69, 9.17) is 25.5 Å². The third-order valence-electron chi connectivity index (χ3n) is 1.17. The van der Waals surface area contributed by atoms with Gasteiger partial charge in [0.15, 0.2) is 5.78 Å². The van der Waals surface area contributed by atoms with E-state index in [0.29, 0.717) is 0 Å². The first-order valence-corrected chi connectivity index (χ1v) is 8.59. The molecule has 0 fully saturated rings. The predicted molar refractivity (Wildman–Crippen MR) is 113 cm³/mol. The van der Waals surface area contributed by atoms with Crippen LogP contribution in [0.15, 0.2) is 11.6 Å². The van der Waals surface area contributed by atoms with Gasteiger partial charge in [0.2, 0.25) is 0 Å². The molecule has 9 nitrogen and oxygen atoms in total. The van der Waals surface area contributed by atoms with Gasteiger partial charge in [-0.2, -0.15) is 0 Å². The van der Waals surface area contributed by atoms with Gasteiger partial charge in [-0.15, -0.1) is 0 Å². The van der Waals surface area contributed by atoms with E-state index in [9.17, 15) is 19.2 Å². The first-order chi connectivity index (χ1) is 12.8. The molecule has 0 aliphatic carbocycles. The Morgan fingerprint density at radius 1 is 0.690 bits per heavy atom. The van der Waals surface area contributed by atoms with Crippen LogP contribution in [0, 0.1) is 0 Å². The lowest BCUT2D eigenvalue weighted by Crippen LogP contribution is -2.21. The molecule has 5 N–H and O–H groups in total. The topological polar surface area (TPSA) is 169 Å². The van der Waals surface area contributed by atoms with Crippen LogP contribution in [0.3, 0.4) is 0 Å². The van der Waals surface area contributed by atoms with Crippen LogP contribution in [0.1, 0.15) is 75.7 Å². The molecule has 176 valence electrons. The lowest BCUT2D eigenvalue weighted by molar-refractivity contribution is -0.121. The van der Waals surface area contributed by atoms with E-state index >= 15 is 0 Å². The summed E-state index contributed by atoms with van der Waals surface area (Å²) in [7, 11) is 0. The van der Waals surface area contributed by atoms with E-state index < -0.39 is 19.2 Å². The molecule has 29 heavy (non-hydrogen) atoms. The third-order valence-corrected chi connectivity index (χ3v) is 1.17. The predicted octanol–water partition coefficient (Wildman–Crippen LogP) is 1.33. The summed E-state index contributed by atoms with van der Waals surface area (Å²) >= 11 is 0. The molecule has 0 radical (unpaired) electrons. The van der Waals surface area contributed by atoms with Crippen LogP contribution in [-0.4, -0.2) is 67.9 Å². The summed E-state index contributed by atoms with van der Waals surface area (Å²) in [6.07, 6.45) is 1.85. The second kappa shape index (κ2) is 30.9. The lowest BCUT2D eigenvalue weighted by Gasteiger charge is -2.13. The molecule has 0 saturated heterocycles. The van der Waals surface area contributed by atoms with Crippen LogP contribution in [0.4, 0.5) is 0 Å². The normalized spacial score (nSPS) is 8.10. The molecule has 0 spiro atoms. The highest BCUT2D eigenvalue weighted by molar-refractivity contribution is 5.87. The van der Waals surface area contributed by atoms with Gasteiger partial charge < -0.3 is 35.1 Å². The maximum absolute atomic E-state index is 10.3. The van der Waals surface area contributed by atoms with Crippen LogP contribution >= 0.6 is 0 Å². The number of carbonyl (C=O) groups is 4. The zero-order valence-electron chi connectivity index (χ0n) is 19.6. The summed E-state index contributed by atoms with van der Waals surface area (Å²) in [5, 5.41) is 37.5. The van der Waals surface area contributed by atoms with E-state index in [1.165, 1.54) is 34.6 Å². The van der Waals surface area contributed by atoms with Crippen LogP contribution in [0.5, 0.6) is 0 Å².